The molecule has 0 radical (unpaired) electrons. The quantitative estimate of drug-likeness (QED) is 0.505. The third-order valence-corrected chi connectivity index (χ3v) is 3.97. The number of nitrogens with one attached hydrogen (secondary N) is 2. The van der Waals surface area contributed by atoms with Crippen LogP contribution in [0, 0.1) is 0 Å². The van der Waals surface area contributed by atoms with E-state index in [-0.39, 0.29) is 5.75 Å². The van der Waals surface area contributed by atoms with Crippen molar-refractivity contribution in [2.24, 2.45) is 0 Å². The summed E-state index contributed by atoms with van der Waals surface area (Å²) in [4.78, 5) is 11.8. The number of aromatic amines is 1. The number of fused-ring (bicyclic) bond motifs is 1. The van der Waals surface area contributed by atoms with Crippen LogP contribution in [0.1, 0.15) is 0 Å². The van der Waals surface area contributed by atoms with Crippen LogP contribution in [0.15, 0.2) is 61.1 Å². The topological polar surface area (TPSA) is 73.8 Å². The van der Waals surface area contributed by atoms with E-state index >= 15 is 0 Å². The van der Waals surface area contributed by atoms with Gasteiger partial charge in [0.05, 0.1) is 5.39 Å². The number of H-pyrrole nitrogens is 1. The molecule has 2 heterocycles. The number of benzene rings is 2. The molecular weight excluding hydrogens is 324 g/mol. The highest BCUT2D eigenvalue weighted by Gasteiger charge is 2.13. The van der Waals surface area contributed by atoms with Gasteiger partial charge >= 0.3 is 0 Å². The van der Waals surface area contributed by atoms with E-state index in [0.717, 1.165) is 27.8 Å². The molecule has 3 N–H and O–H groups in total. The van der Waals surface area contributed by atoms with Crippen LogP contribution in [0.4, 0.5) is 11.5 Å². The highest BCUT2D eigenvalue weighted by molar-refractivity contribution is 6.30. The molecular formula is C18H13ClN4O. The smallest absolute Gasteiger partial charge is 0.143 e. The van der Waals surface area contributed by atoms with Gasteiger partial charge < -0.3 is 15.4 Å². The van der Waals surface area contributed by atoms with Crippen molar-refractivity contribution in [1.82, 2.24) is 15.0 Å². The van der Waals surface area contributed by atoms with E-state index in [1.54, 1.807) is 12.1 Å². The lowest BCUT2D eigenvalue weighted by molar-refractivity contribution is 0.475. The Bertz CT molecular complexity index is 1010. The minimum atomic E-state index is 0.229. The normalized spacial score (nSPS) is 10.9. The van der Waals surface area contributed by atoms with Crippen molar-refractivity contribution in [1.29, 1.82) is 0 Å². The Morgan fingerprint density at radius 1 is 1.04 bits per heavy atom. The van der Waals surface area contributed by atoms with E-state index in [0.29, 0.717) is 10.8 Å². The zero-order valence-electron chi connectivity index (χ0n) is 12.5. The van der Waals surface area contributed by atoms with Crippen LogP contribution >= 0.6 is 11.6 Å². The number of nitrogens with zero attached hydrogens (tertiary/aromatic N) is 2. The summed E-state index contributed by atoms with van der Waals surface area (Å²) < 4.78 is 0. The second-order valence-corrected chi connectivity index (χ2v) is 5.77. The number of phenols is 1. The van der Waals surface area contributed by atoms with Gasteiger partial charge in [0, 0.05) is 22.5 Å². The second kappa shape index (κ2) is 5.86. The SMILES string of the molecule is Oc1ccc(-c2c[nH]c3ncnc(Nc4cccc(Cl)c4)c23)cc1. The van der Waals surface area contributed by atoms with Crippen LogP contribution < -0.4 is 5.32 Å². The monoisotopic (exact) mass is 336 g/mol. The number of aromatic hydroxyl groups is 1. The number of aromatic nitrogens is 3. The van der Waals surface area contributed by atoms with Crippen molar-refractivity contribution in [3.8, 4) is 16.9 Å². The summed E-state index contributed by atoms with van der Waals surface area (Å²) in [5.41, 5.74) is 3.50. The number of halogens is 1. The molecule has 4 rings (SSSR count). The molecule has 0 saturated heterocycles. The molecule has 118 valence electrons. The maximum absolute atomic E-state index is 9.49. The van der Waals surface area contributed by atoms with Gasteiger partial charge in [0.15, 0.2) is 0 Å². The molecule has 0 atom stereocenters. The Balaban J connectivity index is 1.84. The summed E-state index contributed by atoms with van der Waals surface area (Å²) in [6.45, 7) is 0. The van der Waals surface area contributed by atoms with E-state index in [9.17, 15) is 5.11 Å². The molecule has 0 unspecified atom stereocenters. The Morgan fingerprint density at radius 3 is 2.67 bits per heavy atom. The lowest BCUT2D eigenvalue weighted by Crippen LogP contribution is -1.95. The molecule has 0 aliphatic rings. The molecule has 6 heteroatoms. The van der Waals surface area contributed by atoms with Crippen molar-refractivity contribution in [3.05, 3.63) is 66.1 Å². The average Bonchev–Trinajstić information content (AvgIpc) is 3.01. The Hall–Kier alpha value is -3.05. The van der Waals surface area contributed by atoms with Crippen LogP contribution in [0.25, 0.3) is 22.2 Å². The lowest BCUT2D eigenvalue weighted by atomic mass is 10.1. The zero-order valence-corrected chi connectivity index (χ0v) is 13.2. The first-order valence-electron chi connectivity index (χ1n) is 7.35. The van der Waals surface area contributed by atoms with Crippen LogP contribution in [-0.4, -0.2) is 20.1 Å². The molecule has 4 aromatic rings. The van der Waals surface area contributed by atoms with Crippen LogP contribution in [0.5, 0.6) is 5.75 Å². The summed E-state index contributed by atoms with van der Waals surface area (Å²) in [5.74, 6) is 0.915. The Morgan fingerprint density at radius 2 is 1.88 bits per heavy atom. The highest BCUT2D eigenvalue weighted by Crippen LogP contribution is 2.34. The van der Waals surface area contributed by atoms with Crippen LogP contribution in [0.2, 0.25) is 5.02 Å². The second-order valence-electron chi connectivity index (χ2n) is 5.33. The fraction of sp³-hybridized carbons (Fsp3) is 0. The largest absolute Gasteiger partial charge is 0.508 e. The molecule has 2 aromatic heterocycles. The summed E-state index contributed by atoms with van der Waals surface area (Å²) >= 11 is 6.05. The molecule has 0 saturated carbocycles. The zero-order chi connectivity index (χ0) is 16.5. The van der Waals surface area contributed by atoms with Crippen molar-refractivity contribution < 1.29 is 5.11 Å². The standard InChI is InChI=1S/C18H13ClN4O/c19-12-2-1-3-13(8-12)23-18-16-15(9-20-17(16)21-10-22-18)11-4-6-14(24)7-5-11/h1-10,24H,(H2,20,21,22,23). The average molecular weight is 337 g/mol. The fourth-order valence-electron chi connectivity index (χ4n) is 2.63. The van der Waals surface area contributed by atoms with E-state index < -0.39 is 0 Å². The maximum Gasteiger partial charge on any atom is 0.143 e. The van der Waals surface area contributed by atoms with Gasteiger partial charge in [-0.25, -0.2) is 9.97 Å². The first-order chi connectivity index (χ1) is 11.7. The number of hydrogen-bond acceptors (Lipinski definition) is 4. The maximum atomic E-state index is 9.49. The Kier molecular flexibility index (Phi) is 3.55. The molecule has 0 spiro atoms. The first kappa shape index (κ1) is 14.5. The van der Waals surface area contributed by atoms with Crippen LogP contribution in [-0.2, 0) is 0 Å². The molecule has 0 aliphatic heterocycles. The van der Waals surface area contributed by atoms with Gasteiger partial charge in [0.1, 0.15) is 23.5 Å². The van der Waals surface area contributed by atoms with Crippen molar-refractivity contribution in [3.63, 3.8) is 0 Å². The van der Waals surface area contributed by atoms with E-state index in [1.165, 1.54) is 6.33 Å². The van der Waals surface area contributed by atoms with E-state index in [4.69, 9.17) is 11.6 Å². The minimum absolute atomic E-state index is 0.229. The highest BCUT2D eigenvalue weighted by atomic mass is 35.5. The third kappa shape index (κ3) is 2.66. The molecule has 0 amide bonds. The van der Waals surface area contributed by atoms with Gasteiger partial charge in [-0.1, -0.05) is 29.8 Å². The summed E-state index contributed by atoms with van der Waals surface area (Å²) in [5, 5.41) is 14.3. The molecule has 0 aliphatic carbocycles. The van der Waals surface area contributed by atoms with Gasteiger partial charge in [-0.3, -0.25) is 0 Å². The van der Waals surface area contributed by atoms with Gasteiger partial charge in [0.25, 0.3) is 0 Å². The van der Waals surface area contributed by atoms with Crippen molar-refractivity contribution in [2.45, 2.75) is 0 Å². The first-order valence-corrected chi connectivity index (χ1v) is 7.72. The molecule has 5 nitrogen and oxygen atoms in total. The van der Waals surface area contributed by atoms with Gasteiger partial charge in [-0.05, 0) is 35.9 Å². The number of anilines is 2. The van der Waals surface area contributed by atoms with Gasteiger partial charge in [-0.2, -0.15) is 0 Å². The summed E-state index contributed by atoms with van der Waals surface area (Å²) in [6.07, 6.45) is 3.39. The number of phenolic OH excluding ortho intramolecular Hbond substituents is 1. The summed E-state index contributed by atoms with van der Waals surface area (Å²) in [7, 11) is 0. The van der Waals surface area contributed by atoms with Crippen molar-refractivity contribution >= 4 is 34.1 Å². The lowest BCUT2D eigenvalue weighted by Gasteiger charge is -2.08. The number of rotatable bonds is 3. The third-order valence-electron chi connectivity index (χ3n) is 3.74. The van der Waals surface area contributed by atoms with Crippen LogP contribution in [0.3, 0.4) is 0 Å². The molecule has 2 aromatic carbocycles. The number of hydrogen-bond donors (Lipinski definition) is 3. The van der Waals surface area contributed by atoms with Gasteiger partial charge in [-0.15, -0.1) is 0 Å². The molecule has 0 fully saturated rings. The van der Waals surface area contributed by atoms with Crippen molar-refractivity contribution in [2.75, 3.05) is 5.32 Å². The molecule has 24 heavy (non-hydrogen) atoms. The molecule has 0 bridgehead atoms. The van der Waals surface area contributed by atoms with E-state index in [1.807, 2.05) is 42.6 Å². The summed E-state index contributed by atoms with van der Waals surface area (Å²) in [6, 6.07) is 14.5. The minimum Gasteiger partial charge on any atom is -0.508 e. The predicted octanol–water partition coefficient (Wildman–Crippen LogP) is 4.73. The predicted molar refractivity (Wildman–Crippen MR) is 95.7 cm³/mol. The fourth-order valence-corrected chi connectivity index (χ4v) is 2.82. The van der Waals surface area contributed by atoms with Gasteiger partial charge in [0.2, 0.25) is 0 Å². The van der Waals surface area contributed by atoms with E-state index in [2.05, 4.69) is 20.3 Å². The Labute approximate surface area is 143 Å².